The molecule has 1 aliphatic heterocycles. The monoisotopic (exact) mass is 225 g/mol. The summed E-state index contributed by atoms with van der Waals surface area (Å²) in [6, 6.07) is 1.77. The van der Waals surface area contributed by atoms with Gasteiger partial charge in [0, 0.05) is 0 Å². The summed E-state index contributed by atoms with van der Waals surface area (Å²) >= 11 is 1.33. The number of nitrogens with zero attached hydrogens (tertiary/aromatic N) is 1. The van der Waals surface area contributed by atoms with Crippen molar-refractivity contribution in [2.75, 3.05) is 20.3 Å². The van der Waals surface area contributed by atoms with Crippen LogP contribution in [0.25, 0.3) is 5.57 Å². The zero-order chi connectivity index (χ0) is 10.7. The first-order valence-electron chi connectivity index (χ1n) is 4.63. The molecule has 0 spiro atoms. The Morgan fingerprint density at radius 1 is 1.67 bits per heavy atom. The van der Waals surface area contributed by atoms with E-state index in [9.17, 15) is 4.79 Å². The molecule has 15 heavy (non-hydrogen) atoms. The summed E-state index contributed by atoms with van der Waals surface area (Å²) in [5, 5.41) is 0. The van der Waals surface area contributed by atoms with Gasteiger partial charge in [-0.25, -0.2) is 4.79 Å². The molecule has 2 heterocycles. The highest BCUT2D eigenvalue weighted by atomic mass is 32.1. The fourth-order valence-electron chi connectivity index (χ4n) is 1.38. The third kappa shape index (κ3) is 2.24. The van der Waals surface area contributed by atoms with E-state index in [4.69, 9.17) is 4.74 Å². The Kier molecular flexibility index (Phi) is 3.13. The molecule has 0 radical (unpaired) electrons. The van der Waals surface area contributed by atoms with Gasteiger partial charge in [0.25, 0.3) is 0 Å². The van der Waals surface area contributed by atoms with Gasteiger partial charge in [-0.15, -0.1) is 0 Å². The minimum Gasteiger partial charge on any atom is -0.464 e. The molecule has 4 nitrogen and oxygen atoms in total. The number of carbonyl (C=O) groups is 1. The molecule has 0 aromatic carbocycles. The van der Waals surface area contributed by atoms with Crippen molar-refractivity contribution in [1.29, 1.82) is 0 Å². The van der Waals surface area contributed by atoms with Crippen LogP contribution in [0, 0.1) is 0 Å². The number of aromatic nitrogens is 1. The number of esters is 1. The summed E-state index contributed by atoms with van der Waals surface area (Å²) in [5.41, 5.74) is 1.58. The molecule has 0 N–H and O–H groups in total. The number of carbonyl (C=O) groups excluding carboxylic acids is 1. The first-order chi connectivity index (χ1) is 7.31. The van der Waals surface area contributed by atoms with Gasteiger partial charge in [0.2, 0.25) is 0 Å². The summed E-state index contributed by atoms with van der Waals surface area (Å²) in [7, 11) is 1.36. The number of hydrogen-bond donors (Lipinski definition) is 0. The highest BCUT2D eigenvalue weighted by Crippen LogP contribution is 2.25. The quantitative estimate of drug-likeness (QED) is 0.719. The second-order valence-corrected chi connectivity index (χ2v) is 3.93. The van der Waals surface area contributed by atoms with E-state index in [2.05, 4.69) is 9.11 Å². The van der Waals surface area contributed by atoms with E-state index in [1.165, 1.54) is 24.2 Å². The SMILES string of the molecule is COC(=O)c1cc(C2=CCOCC2)sn1. The van der Waals surface area contributed by atoms with Gasteiger partial charge in [-0.3, -0.25) is 0 Å². The van der Waals surface area contributed by atoms with E-state index in [1.807, 2.05) is 6.08 Å². The molecular formula is C10H11NO3S. The van der Waals surface area contributed by atoms with Crippen molar-refractivity contribution in [2.45, 2.75) is 6.42 Å². The summed E-state index contributed by atoms with van der Waals surface area (Å²) in [6.07, 6.45) is 2.90. The molecule has 0 saturated carbocycles. The molecule has 1 aromatic rings. The Bertz CT molecular complexity index is 397. The Morgan fingerprint density at radius 3 is 3.20 bits per heavy atom. The molecule has 2 rings (SSSR count). The van der Waals surface area contributed by atoms with Crippen molar-refractivity contribution in [3.8, 4) is 0 Å². The first-order valence-corrected chi connectivity index (χ1v) is 5.41. The maximum Gasteiger partial charge on any atom is 0.357 e. The van der Waals surface area contributed by atoms with Crippen molar-refractivity contribution in [1.82, 2.24) is 4.37 Å². The third-order valence-corrected chi connectivity index (χ3v) is 3.05. The van der Waals surface area contributed by atoms with Crippen LogP contribution >= 0.6 is 11.5 Å². The molecule has 1 aliphatic rings. The van der Waals surface area contributed by atoms with E-state index in [-0.39, 0.29) is 5.97 Å². The lowest BCUT2D eigenvalue weighted by atomic mass is 10.1. The zero-order valence-electron chi connectivity index (χ0n) is 8.36. The first kappa shape index (κ1) is 10.3. The molecule has 0 saturated heterocycles. The van der Waals surface area contributed by atoms with Crippen LogP contribution in [0.1, 0.15) is 21.8 Å². The molecule has 0 bridgehead atoms. The van der Waals surface area contributed by atoms with Crippen molar-refractivity contribution in [2.24, 2.45) is 0 Å². The van der Waals surface area contributed by atoms with Gasteiger partial charge in [0.05, 0.1) is 25.2 Å². The predicted octanol–water partition coefficient (Wildman–Crippen LogP) is 1.73. The van der Waals surface area contributed by atoms with Crippen molar-refractivity contribution < 1.29 is 14.3 Å². The van der Waals surface area contributed by atoms with Crippen molar-refractivity contribution in [3.05, 3.63) is 22.7 Å². The Balaban J connectivity index is 2.19. The van der Waals surface area contributed by atoms with Gasteiger partial charge in [0.15, 0.2) is 5.69 Å². The summed E-state index contributed by atoms with van der Waals surface area (Å²) in [4.78, 5) is 12.2. The van der Waals surface area contributed by atoms with E-state index in [1.54, 1.807) is 6.07 Å². The van der Waals surface area contributed by atoms with Crippen molar-refractivity contribution >= 4 is 23.1 Å². The minimum atomic E-state index is -0.384. The van der Waals surface area contributed by atoms with Crippen LogP contribution in [-0.2, 0) is 9.47 Å². The Morgan fingerprint density at radius 2 is 2.53 bits per heavy atom. The lowest BCUT2D eigenvalue weighted by Crippen LogP contribution is -2.03. The molecule has 0 atom stereocenters. The summed E-state index contributed by atoms with van der Waals surface area (Å²) in [6.45, 7) is 1.37. The van der Waals surface area contributed by atoms with Crippen LogP contribution in [0.4, 0.5) is 0 Å². The highest BCUT2D eigenvalue weighted by molar-refractivity contribution is 7.07. The lowest BCUT2D eigenvalue weighted by Gasteiger charge is -2.10. The van der Waals surface area contributed by atoms with Gasteiger partial charge >= 0.3 is 5.97 Å². The molecular weight excluding hydrogens is 214 g/mol. The molecule has 0 unspecified atom stereocenters. The standard InChI is InChI=1S/C10H11NO3S/c1-13-10(12)8-6-9(15-11-8)7-2-4-14-5-3-7/h2,6H,3-5H2,1H3. The average molecular weight is 225 g/mol. The largest absolute Gasteiger partial charge is 0.464 e. The van der Waals surface area contributed by atoms with Crippen LogP contribution in [0.3, 0.4) is 0 Å². The number of rotatable bonds is 2. The second kappa shape index (κ2) is 4.55. The third-order valence-electron chi connectivity index (χ3n) is 2.18. The Labute approximate surface area is 91.7 Å². The van der Waals surface area contributed by atoms with Gasteiger partial charge in [-0.1, -0.05) is 6.08 Å². The van der Waals surface area contributed by atoms with Crippen molar-refractivity contribution in [3.63, 3.8) is 0 Å². The number of hydrogen-bond acceptors (Lipinski definition) is 5. The number of methoxy groups -OCH3 is 1. The van der Waals surface area contributed by atoms with Crippen LogP contribution < -0.4 is 0 Å². The topological polar surface area (TPSA) is 48.4 Å². The van der Waals surface area contributed by atoms with E-state index in [0.29, 0.717) is 12.3 Å². The van der Waals surface area contributed by atoms with Gasteiger partial charge in [-0.2, -0.15) is 4.37 Å². The molecule has 0 fully saturated rings. The van der Waals surface area contributed by atoms with E-state index >= 15 is 0 Å². The van der Waals surface area contributed by atoms with Crippen LogP contribution in [0.15, 0.2) is 12.1 Å². The fraction of sp³-hybridized carbons (Fsp3) is 0.400. The average Bonchev–Trinajstić information content (AvgIpc) is 2.78. The summed E-state index contributed by atoms with van der Waals surface area (Å²) in [5.74, 6) is -0.384. The Hall–Kier alpha value is -1.20. The minimum absolute atomic E-state index is 0.380. The molecule has 1 aromatic heterocycles. The molecule has 0 amide bonds. The normalized spacial score (nSPS) is 15.9. The smallest absolute Gasteiger partial charge is 0.357 e. The van der Waals surface area contributed by atoms with Gasteiger partial charge in [0.1, 0.15) is 0 Å². The zero-order valence-corrected chi connectivity index (χ0v) is 9.17. The predicted molar refractivity (Wildman–Crippen MR) is 56.9 cm³/mol. The lowest BCUT2D eigenvalue weighted by molar-refractivity contribution is 0.0595. The fourth-order valence-corrected chi connectivity index (χ4v) is 2.17. The molecule has 80 valence electrons. The van der Waals surface area contributed by atoms with Crippen LogP contribution in [-0.4, -0.2) is 30.7 Å². The second-order valence-electron chi connectivity index (χ2n) is 3.12. The summed E-state index contributed by atoms with van der Waals surface area (Å²) < 4.78 is 13.9. The van der Waals surface area contributed by atoms with E-state index in [0.717, 1.165) is 17.9 Å². The van der Waals surface area contributed by atoms with E-state index < -0.39 is 0 Å². The maximum absolute atomic E-state index is 11.2. The molecule has 0 aliphatic carbocycles. The number of ether oxygens (including phenoxy) is 2. The van der Waals surface area contributed by atoms with Crippen LogP contribution in [0.2, 0.25) is 0 Å². The van der Waals surface area contributed by atoms with Gasteiger partial charge < -0.3 is 9.47 Å². The maximum atomic E-state index is 11.2. The van der Waals surface area contributed by atoms with Crippen LogP contribution in [0.5, 0.6) is 0 Å². The molecule has 5 heteroatoms. The van der Waals surface area contributed by atoms with Gasteiger partial charge in [-0.05, 0) is 29.6 Å². The highest BCUT2D eigenvalue weighted by Gasteiger charge is 2.14.